The fourth-order valence-corrected chi connectivity index (χ4v) is 0.733. The third kappa shape index (κ3) is 32.0. The average molecular weight is 213 g/mol. The lowest BCUT2D eigenvalue weighted by Crippen LogP contribution is -1.89. The van der Waals surface area contributed by atoms with E-state index in [0.29, 0.717) is 0 Å². The minimum Gasteiger partial charge on any atom is -0.323 e. The summed E-state index contributed by atoms with van der Waals surface area (Å²) < 4.78 is 0. The van der Waals surface area contributed by atoms with Crippen LogP contribution >= 0.6 is 0 Å². The van der Waals surface area contributed by atoms with Crippen molar-refractivity contribution in [2.24, 2.45) is 0 Å². The van der Waals surface area contributed by atoms with Crippen LogP contribution in [-0.2, 0) is 4.79 Å². The minimum absolute atomic E-state index is 1.19. The Hall–Kier alpha value is -0.890. The predicted octanol–water partition coefficient (Wildman–Crippen LogP) is 3.35. The molecule has 0 aliphatic carbocycles. The highest BCUT2D eigenvalue weighted by Crippen LogP contribution is 2.05. The first-order chi connectivity index (χ1) is 7.08. The van der Waals surface area contributed by atoms with Crippen LogP contribution in [0.1, 0.15) is 40.5 Å². The van der Waals surface area contributed by atoms with Crippen LogP contribution in [0.15, 0.2) is 23.3 Å². The fourth-order valence-electron chi connectivity index (χ4n) is 0.733. The monoisotopic (exact) mass is 213 g/mol. The number of rotatable bonds is 3. The van der Waals surface area contributed by atoms with Gasteiger partial charge in [0.2, 0.25) is 0 Å². The molecule has 2 nitrogen and oxygen atoms in total. The number of carbonyl (C=O) groups excluding carboxylic acids is 1. The predicted molar refractivity (Wildman–Crippen MR) is 70.2 cm³/mol. The van der Waals surface area contributed by atoms with Gasteiger partial charge < -0.3 is 10.1 Å². The maximum atomic E-state index is 8.00. The molecule has 0 radical (unpaired) electrons. The first-order valence-corrected chi connectivity index (χ1v) is 5.21. The summed E-state index contributed by atoms with van der Waals surface area (Å²) >= 11 is 0. The van der Waals surface area contributed by atoms with Gasteiger partial charge in [0.25, 0.3) is 0 Å². The molecule has 0 heterocycles. The number of hydrogen-bond acceptors (Lipinski definition) is 2. The summed E-state index contributed by atoms with van der Waals surface area (Å²) in [6.07, 6.45) is 6.87. The van der Waals surface area contributed by atoms with E-state index in [4.69, 9.17) is 4.79 Å². The van der Waals surface area contributed by atoms with Crippen LogP contribution < -0.4 is 5.32 Å². The maximum Gasteiger partial charge on any atom is 0.106 e. The molecule has 0 aromatic rings. The van der Waals surface area contributed by atoms with Crippen LogP contribution in [0, 0.1) is 0 Å². The van der Waals surface area contributed by atoms with Crippen LogP contribution in [0.2, 0.25) is 0 Å². The van der Waals surface area contributed by atoms with E-state index in [-0.39, 0.29) is 0 Å². The second-order valence-corrected chi connectivity index (χ2v) is 3.46. The van der Waals surface area contributed by atoms with Crippen LogP contribution in [0.3, 0.4) is 0 Å². The highest BCUT2D eigenvalue weighted by Gasteiger charge is 1.84. The Morgan fingerprint density at radius 2 is 1.60 bits per heavy atom. The van der Waals surface area contributed by atoms with Gasteiger partial charge in [0.05, 0.1) is 0 Å². The Bertz CT molecular complexity index is 167. The van der Waals surface area contributed by atoms with Crippen molar-refractivity contribution in [2.75, 3.05) is 14.1 Å². The standard InChI is InChI=1S/C10H18.C2H7N.CH2O/c1-5-10(4)8-6-7-9(2)3;1-3-2;1-2/h5,7H,6,8H2,1-4H3;3H,1-2H3;1H2/b10-5+;;. The Labute approximate surface area is 95.5 Å². The molecule has 0 bridgehead atoms. The molecule has 0 rings (SSSR count). The summed E-state index contributed by atoms with van der Waals surface area (Å²) in [6, 6.07) is 0. The molecular weight excluding hydrogens is 186 g/mol. The molecule has 0 atom stereocenters. The minimum atomic E-state index is 1.19. The lowest BCUT2D eigenvalue weighted by Gasteiger charge is -1.95. The van der Waals surface area contributed by atoms with Crippen molar-refractivity contribution in [2.45, 2.75) is 40.5 Å². The maximum absolute atomic E-state index is 8.00. The number of carbonyl (C=O) groups is 1. The van der Waals surface area contributed by atoms with Gasteiger partial charge in [0.15, 0.2) is 0 Å². The fraction of sp³-hybridized carbons (Fsp3) is 0.615. The SMILES string of the molecule is C/C=C(\C)CCC=C(C)C.C=O.CNC. The molecule has 0 spiro atoms. The van der Waals surface area contributed by atoms with Gasteiger partial charge in [-0.3, -0.25) is 0 Å². The van der Waals surface area contributed by atoms with E-state index in [9.17, 15) is 0 Å². The quantitative estimate of drug-likeness (QED) is 0.728. The molecule has 0 fully saturated rings. The Morgan fingerprint density at radius 3 is 1.87 bits per heavy atom. The topological polar surface area (TPSA) is 29.1 Å². The van der Waals surface area contributed by atoms with Gasteiger partial charge >= 0.3 is 0 Å². The van der Waals surface area contributed by atoms with Crippen molar-refractivity contribution in [3.63, 3.8) is 0 Å². The van der Waals surface area contributed by atoms with Gasteiger partial charge in [-0.05, 0) is 54.6 Å². The first kappa shape index (κ1) is 19.6. The van der Waals surface area contributed by atoms with Gasteiger partial charge in [0.1, 0.15) is 6.79 Å². The molecule has 0 saturated heterocycles. The van der Waals surface area contributed by atoms with Crippen molar-refractivity contribution in [1.82, 2.24) is 5.32 Å². The van der Waals surface area contributed by atoms with Crippen LogP contribution in [0.4, 0.5) is 0 Å². The smallest absolute Gasteiger partial charge is 0.106 e. The molecule has 0 saturated carbocycles. The summed E-state index contributed by atoms with van der Waals surface area (Å²) in [6.45, 7) is 10.6. The second kappa shape index (κ2) is 18.8. The lowest BCUT2D eigenvalue weighted by molar-refractivity contribution is -0.0979. The van der Waals surface area contributed by atoms with E-state index in [1.807, 2.05) is 20.9 Å². The van der Waals surface area contributed by atoms with E-state index in [2.05, 4.69) is 45.2 Å². The largest absolute Gasteiger partial charge is 0.323 e. The number of allylic oxidation sites excluding steroid dienone is 4. The van der Waals surface area contributed by atoms with E-state index >= 15 is 0 Å². The molecule has 0 aromatic heterocycles. The van der Waals surface area contributed by atoms with Crippen LogP contribution in [-0.4, -0.2) is 20.9 Å². The van der Waals surface area contributed by atoms with E-state index in [0.717, 1.165) is 0 Å². The highest BCUT2D eigenvalue weighted by molar-refractivity contribution is 5.11. The lowest BCUT2D eigenvalue weighted by atomic mass is 10.1. The van der Waals surface area contributed by atoms with Crippen molar-refractivity contribution in [1.29, 1.82) is 0 Å². The molecular formula is C13H27NO. The van der Waals surface area contributed by atoms with Gasteiger partial charge in [-0.15, -0.1) is 0 Å². The molecule has 2 heteroatoms. The molecule has 0 aliphatic rings. The van der Waals surface area contributed by atoms with Gasteiger partial charge in [-0.1, -0.05) is 23.3 Å². The van der Waals surface area contributed by atoms with Gasteiger partial charge in [0, 0.05) is 0 Å². The van der Waals surface area contributed by atoms with E-state index < -0.39 is 0 Å². The molecule has 1 N–H and O–H groups in total. The number of nitrogens with one attached hydrogen (secondary N) is 1. The third-order valence-electron chi connectivity index (χ3n) is 1.58. The molecule has 0 aromatic carbocycles. The Balaban J connectivity index is -0.000000245. The van der Waals surface area contributed by atoms with Crippen molar-refractivity contribution >= 4 is 6.79 Å². The van der Waals surface area contributed by atoms with Crippen molar-refractivity contribution < 1.29 is 4.79 Å². The molecule has 15 heavy (non-hydrogen) atoms. The Morgan fingerprint density at radius 1 is 1.20 bits per heavy atom. The molecule has 0 amide bonds. The average Bonchev–Trinajstić information content (AvgIpc) is 2.21. The molecule has 0 unspecified atom stereocenters. The highest BCUT2D eigenvalue weighted by atomic mass is 16.1. The zero-order valence-electron chi connectivity index (χ0n) is 11.2. The molecule has 90 valence electrons. The third-order valence-corrected chi connectivity index (χ3v) is 1.58. The zero-order valence-corrected chi connectivity index (χ0v) is 11.2. The van der Waals surface area contributed by atoms with Crippen LogP contribution in [0.5, 0.6) is 0 Å². The van der Waals surface area contributed by atoms with E-state index in [1.54, 1.807) is 0 Å². The van der Waals surface area contributed by atoms with Crippen LogP contribution in [0.25, 0.3) is 0 Å². The Kier molecular flexibility index (Phi) is 24.6. The van der Waals surface area contributed by atoms with Gasteiger partial charge in [-0.2, -0.15) is 0 Å². The zero-order chi connectivity index (χ0) is 12.7. The van der Waals surface area contributed by atoms with Gasteiger partial charge in [-0.25, -0.2) is 0 Å². The van der Waals surface area contributed by atoms with Crippen molar-refractivity contribution in [3.8, 4) is 0 Å². The van der Waals surface area contributed by atoms with E-state index in [1.165, 1.54) is 24.0 Å². The second-order valence-electron chi connectivity index (χ2n) is 3.46. The molecule has 0 aliphatic heterocycles. The summed E-state index contributed by atoms with van der Waals surface area (Å²) in [5.41, 5.74) is 2.90. The normalized spacial score (nSPS) is 9.07. The summed E-state index contributed by atoms with van der Waals surface area (Å²) in [5, 5.41) is 2.75. The summed E-state index contributed by atoms with van der Waals surface area (Å²) in [7, 11) is 3.75. The first-order valence-electron chi connectivity index (χ1n) is 5.21. The summed E-state index contributed by atoms with van der Waals surface area (Å²) in [5.74, 6) is 0. The summed E-state index contributed by atoms with van der Waals surface area (Å²) in [4.78, 5) is 8.00. The van der Waals surface area contributed by atoms with Crippen molar-refractivity contribution in [3.05, 3.63) is 23.3 Å². The number of hydrogen-bond donors (Lipinski definition) is 1.